The van der Waals surface area contributed by atoms with Gasteiger partial charge in [-0.25, -0.2) is 18.9 Å². The van der Waals surface area contributed by atoms with Crippen molar-refractivity contribution in [2.24, 2.45) is 0 Å². The molecule has 28 nitrogen and oxygen atoms in total. The molecule has 9 heterocycles. The molecule has 0 spiro atoms. The Hall–Kier alpha value is -15.7. The van der Waals surface area contributed by atoms with Gasteiger partial charge in [0.25, 0.3) is 23.6 Å². The number of halogens is 6. The SMILES string of the molecule is CC(C)(F)c1ccc(-c2cc(NC(=O)[C@@H]3CO3)c(C#N)c3c2OCC3)cc1.CC(C)(F)c1ccc(-c2cc(NC(=O)[C@H]3CO3)c(C#N)c3c2OCC3)cc1.CC(C)c1ccc(-c2cc(N(C)C(=O)NC#N)c(C#N)c3c2OCC3)cc1.CC(F)(F)Oc1ccc(-c2cc(NC(=O)[C@@H]3CO3)c(C#N)c3c2OCC3)cc1.CC(F)(F)Oc1ccc(-c2cc(NC(=O)[C@H]3CO3)c(C#N)c3c2OCC3)cc1. The molecule has 34 heteroatoms. The molecule has 10 aromatic carbocycles. The van der Waals surface area contributed by atoms with Gasteiger partial charge in [-0.15, -0.1) is 0 Å². The van der Waals surface area contributed by atoms with E-state index in [1.165, 1.54) is 69.5 Å². The maximum Gasteiger partial charge on any atom is 0.394 e. The van der Waals surface area contributed by atoms with Crippen molar-refractivity contribution in [3.63, 3.8) is 0 Å². The molecule has 19 rings (SSSR count). The number of nitrogens with one attached hydrogen (secondary N) is 5. The highest BCUT2D eigenvalue weighted by molar-refractivity contribution is 6.02. The van der Waals surface area contributed by atoms with Crippen LogP contribution in [0.2, 0.25) is 0 Å². The van der Waals surface area contributed by atoms with Crippen LogP contribution in [-0.4, -0.2) is 133 Å². The van der Waals surface area contributed by atoms with Crippen molar-refractivity contribution >= 4 is 58.1 Å². The number of alkyl halides is 6. The minimum Gasteiger partial charge on any atom is -0.492 e. The summed E-state index contributed by atoms with van der Waals surface area (Å²) >= 11 is 0. The van der Waals surface area contributed by atoms with Gasteiger partial charge in [-0.05, 0) is 133 Å². The van der Waals surface area contributed by atoms with E-state index in [9.17, 15) is 76.6 Å². The van der Waals surface area contributed by atoms with Crippen LogP contribution in [0.3, 0.4) is 0 Å². The van der Waals surface area contributed by atoms with Crippen molar-refractivity contribution in [1.82, 2.24) is 5.32 Å². The van der Waals surface area contributed by atoms with Gasteiger partial charge in [0.2, 0.25) is 0 Å². The zero-order chi connectivity index (χ0) is 97.7. The van der Waals surface area contributed by atoms with Gasteiger partial charge in [0.1, 0.15) is 81.9 Å². The summed E-state index contributed by atoms with van der Waals surface area (Å²) in [6, 6.07) is 53.6. The maximum absolute atomic E-state index is 14.1. The van der Waals surface area contributed by atoms with Crippen molar-refractivity contribution in [1.29, 1.82) is 31.6 Å². The predicted octanol–water partition coefficient (Wildman–Crippen LogP) is 18.3. The molecule has 700 valence electrons. The standard InChI is InChI=1S/2C21H19FN2O3.C21H20N4O2.2C20H16F2N2O4/c2*1-21(2,22)13-5-3-12(4-6-13)15-9-17(24-20(25)18-11-27-18)16(10-23)14-7-8-26-19(14)15;1-13(2)14-4-6-15(7-5-14)17-10-19(25(3)21(26)24-12-23)18(11-22)16-8-9-27-20(16)17;2*1-20(21,22)28-12-4-2-11(3-5-12)14-8-16(24-19(25)17-10-27-17)15(9-23)13-6-7-26-18(13)14/h2*3-6,9,18H,7-8,11H2,1-2H3,(H,24,25);4-7,10,13H,8-9H2,1-3H3,(H,24,26);2*2-5,8,17H,6-7,10H2,1H3,(H,24,25)/t2*18-;;2*17-/m10.10/s1. The number of ether oxygens (including phenoxy) is 11. The molecule has 0 aliphatic carbocycles. The van der Waals surface area contributed by atoms with Crippen LogP contribution in [0.25, 0.3) is 55.6 Å². The lowest BCUT2D eigenvalue weighted by molar-refractivity contribution is -0.159. The molecule has 6 amide bonds. The number of hydrogen-bond acceptors (Lipinski definition) is 22. The number of benzene rings is 10. The van der Waals surface area contributed by atoms with E-state index in [1.54, 1.807) is 85.1 Å². The second-order valence-electron chi connectivity index (χ2n) is 34.4. The van der Waals surface area contributed by atoms with E-state index in [-0.39, 0.29) is 35.1 Å². The highest BCUT2D eigenvalue weighted by Crippen LogP contribution is 2.50. The second-order valence-corrected chi connectivity index (χ2v) is 34.4. The number of nitrogens with zero attached hydrogens (tertiary/aromatic N) is 7. The van der Waals surface area contributed by atoms with Crippen molar-refractivity contribution in [3.8, 4) is 132 Å². The summed E-state index contributed by atoms with van der Waals surface area (Å²) < 4.78 is 138. The van der Waals surface area contributed by atoms with Crippen LogP contribution in [0, 0.1) is 68.1 Å². The summed E-state index contributed by atoms with van der Waals surface area (Å²) in [5.74, 6) is 2.48. The fraction of sp³-hybridized carbons (Fsp3) is 0.311. The van der Waals surface area contributed by atoms with Gasteiger partial charge in [0.15, 0.2) is 30.6 Å². The topological polar surface area (TPSA) is 406 Å². The molecule has 5 N–H and O–H groups in total. The lowest BCUT2D eigenvalue weighted by atomic mass is 9.93. The number of rotatable bonds is 21. The molecule has 0 radical (unpaired) electrons. The summed E-state index contributed by atoms with van der Waals surface area (Å²) in [6.45, 7) is 15.5. The van der Waals surface area contributed by atoms with E-state index in [0.717, 1.165) is 50.1 Å². The number of nitriles is 6. The average molecular weight is 1870 g/mol. The average Bonchev–Trinajstić information content (AvgIpc) is 1.77. The van der Waals surface area contributed by atoms with Gasteiger partial charge in [0, 0.05) is 109 Å². The fourth-order valence-corrected chi connectivity index (χ4v) is 16.1. The second kappa shape index (κ2) is 39.8. The van der Waals surface area contributed by atoms with Crippen LogP contribution in [0.4, 0.5) is 59.6 Å². The van der Waals surface area contributed by atoms with E-state index in [0.29, 0.717) is 241 Å². The summed E-state index contributed by atoms with van der Waals surface area (Å²) in [4.78, 5) is 61.9. The molecular weight excluding hydrogens is 1780 g/mol. The molecule has 4 fully saturated rings. The molecule has 137 heavy (non-hydrogen) atoms. The number of carbonyl (C=O) groups is 5. The number of hydrogen-bond donors (Lipinski definition) is 5. The van der Waals surface area contributed by atoms with Gasteiger partial charge in [-0.1, -0.05) is 111 Å². The lowest BCUT2D eigenvalue weighted by Gasteiger charge is -2.21. The van der Waals surface area contributed by atoms with Crippen molar-refractivity contribution in [2.45, 2.75) is 141 Å². The molecule has 0 unspecified atom stereocenters. The third-order valence-electron chi connectivity index (χ3n) is 23.4. The summed E-state index contributed by atoms with van der Waals surface area (Å²) in [7, 11) is 1.54. The first-order chi connectivity index (χ1) is 65.4. The number of amides is 6. The van der Waals surface area contributed by atoms with Crippen LogP contribution >= 0.6 is 0 Å². The third kappa shape index (κ3) is 22.2. The van der Waals surface area contributed by atoms with Gasteiger partial charge < -0.3 is 73.4 Å². The Balaban J connectivity index is 0.000000130. The molecule has 9 aliphatic heterocycles. The number of epoxide rings is 4. The Bertz CT molecular complexity index is 6360. The highest BCUT2D eigenvalue weighted by atomic mass is 19.3. The van der Waals surface area contributed by atoms with E-state index in [4.69, 9.17) is 47.9 Å². The minimum atomic E-state index is -3.28. The van der Waals surface area contributed by atoms with Crippen LogP contribution in [0.1, 0.15) is 134 Å². The Morgan fingerprint density at radius 1 is 0.372 bits per heavy atom. The van der Waals surface area contributed by atoms with Crippen molar-refractivity contribution in [2.75, 3.05) is 92.7 Å². The number of anilines is 5. The zero-order valence-corrected chi connectivity index (χ0v) is 75.7. The van der Waals surface area contributed by atoms with Gasteiger partial charge in [-0.3, -0.25) is 24.1 Å². The van der Waals surface area contributed by atoms with Crippen LogP contribution in [0.5, 0.6) is 40.2 Å². The summed E-state index contributed by atoms with van der Waals surface area (Å²) in [5.41, 5.74) is 15.1. The van der Waals surface area contributed by atoms with E-state index in [2.05, 4.69) is 92.4 Å². The van der Waals surface area contributed by atoms with Crippen molar-refractivity contribution < 1.29 is 102 Å². The third-order valence-corrected chi connectivity index (χ3v) is 23.4. The van der Waals surface area contributed by atoms with Gasteiger partial charge in [0.05, 0.1) is 116 Å². The summed E-state index contributed by atoms with van der Waals surface area (Å²) in [5, 5.41) is 69.9. The van der Waals surface area contributed by atoms with Crippen LogP contribution in [-0.2, 0) is 81.6 Å². The first-order valence-corrected chi connectivity index (χ1v) is 43.8. The van der Waals surface area contributed by atoms with Gasteiger partial charge in [-0.2, -0.15) is 49.1 Å². The molecule has 0 saturated carbocycles. The quantitative estimate of drug-likeness (QED) is 0.0193. The monoisotopic (exact) mass is 1860 g/mol. The van der Waals surface area contributed by atoms with E-state index < -0.39 is 54.0 Å². The largest absolute Gasteiger partial charge is 0.492 e. The Kier molecular flexibility index (Phi) is 27.9. The normalized spacial score (nSPS) is 16.4. The summed E-state index contributed by atoms with van der Waals surface area (Å²) in [6.07, 6.45) is -3.92. The van der Waals surface area contributed by atoms with Gasteiger partial charge >= 0.3 is 18.2 Å². The van der Waals surface area contributed by atoms with Crippen LogP contribution < -0.4 is 64.6 Å². The molecule has 0 aromatic heterocycles. The van der Waals surface area contributed by atoms with E-state index in [1.807, 2.05) is 36.4 Å². The Labute approximate surface area is 784 Å². The lowest BCUT2D eigenvalue weighted by Crippen LogP contribution is -2.35. The number of carbonyl (C=O) groups excluding carboxylic acids is 5. The van der Waals surface area contributed by atoms with Crippen molar-refractivity contribution in [3.05, 3.63) is 224 Å². The molecular formula is C103H90F6N12O16. The predicted molar refractivity (Wildman–Crippen MR) is 490 cm³/mol. The first kappa shape index (κ1) is 95.9. The molecule has 4 saturated heterocycles. The Morgan fingerprint density at radius 3 is 0.839 bits per heavy atom. The molecule has 10 aromatic rings. The number of urea groups is 1. The van der Waals surface area contributed by atoms with E-state index >= 15 is 0 Å². The maximum atomic E-state index is 14.1. The molecule has 9 aliphatic rings. The molecule has 0 bridgehead atoms. The van der Waals surface area contributed by atoms with Crippen LogP contribution in [0.15, 0.2) is 152 Å². The first-order valence-electron chi connectivity index (χ1n) is 43.8. The highest BCUT2D eigenvalue weighted by Gasteiger charge is 2.40. The number of fused-ring (bicyclic) bond motifs is 5. The fourth-order valence-electron chi connectivity index (χ4n) is 16.1. The smallest absolute Gasteiger partial charge is 0.394 e. The Morgan fingerprint density at radius 2 is 0.613 bits per heavy atom. The molecule has 4 atom stereocenters. The minimum absolute atomic E-state index is 0.0295. The zero-order valence-electron chi connectivity index (χ0n) is 75.7.